The fourth-order valence-corrected chi connectivity index (χ4v) is 2.57. The fourth-order valence-electron chi connectivity index (χ4n) is 1.82. The summed E-state index contributed by atoms with van der Waals surface area (Å²) in [5, 5.41) is 0. The van der Waals surface area contributed by atoms with Gasteiger partial charge in [-0.1, -0.05) is 0 Å². The molecule has 0 saturated heterocycles. The van der Waals surface area contributed by atoms with Crippen molar-refractivity contribution in [3.63, 3.8) is 0 Å². The number of ether oxygens (including phenoxy) is 2. The number of carbonyl (C=O) groups excluding carboxylic acids is 1. The van der Waals surface area contributed by atoms with Crippen LogP contribution in [0.5, 0.6) is 11.5 Å². The molecule has 0 unspecified atom stereocenters. The molecule has 0 fully saturated rings. The van der Waals surface area contributed by atoms with E-state index < -0.39 is 5.82 Å². The van der Waals surface area contributed by atoms with Crippen LogP contribution in [0.25, 0.3) is 0 Å². The molecule has 2 aromatic rings. The van der Waals surface area contributed by atoms with Crippen molar-refractivity contribution in [2.45, 2.75) is 0 Å². The molecular formula is C15H11Br2FO3. The lowest BCUT2D eigenvalue weighted by atomic mass is 10.0. The van der Waals surface area contributed by atoms with Crippen LogP contribution < -0.4 is 9.47 Å². The lowest BCUT2D eigenvalue weighted by Crippen LogP contribution is -2.04. The molecule has 3 nitrogen and oxygen atoms in total. The molecule has 0 saturated carbocycles. The first kappa shape index (κ1) is 16.0. The molecule has 2 rings (SSSR count). The smallest absolute Gasteiger partial charge is 0.194 e. The lowest BCUT2D eigenvalue weighted by Gasteiger charge is -2.11. The Morgan fingerprint density at radius 3 is 2.19 bits per heavy atom. The molecule has 0 heterocycles. The third kappa shape index (κ3) is 3.27. The van der Waals surface area contributed by atoms with Crippen LogP contribution in [-0.2, 0) is 0 Å². The van der Waals surface area contributed by atoms with Gasteiger partial charge in [-0.15, -0.1) is 0 Å². The van der Waals surface area contributed by atoms with Gasteiger partial charge in [-0.25, -0.2) is 4.39 Å². The quantitative estimate of drug-likeness (QED) is 0.682. The van der Waals surface area contributed by atoms with E-state index in [1.165, 1.54) is 26.4 Å². The van der Waals surface area contributed by atoms with Crippen LogP contribution in [0.15, 0.2) is 39.3 Å². The molecule has 0 aliphatic heterocycles. The zero-order valence-corrected chi connectivity index (χ0v) is 14.4. The molecular weight excluding hydrogens is 407 g/mol. The monoisotopic (exact) mass is 416 g/mol. The molecule has 0 bridgehead atoms. The van der Waals surface area contributed by atoms with Crippen LogP contribution in [0.3, 0.4) is 0 Å². The Labute approximate surface area is 138 Å². The first-order valence-corrected chi connectivity index (χ1v) is 7.47. The number of halogens is 3. The van der Waals surface area contributed by atoms with Gasteiger partial charge in [0.1, 0.15) is 5.82 Å². The van der Waals surface area contributed by atoms with Gasteiger partial charge in [0.25, 0.3) is 0 Å². The van der Waals surface area contributed by atoms with E-state index in [-0.39, 0.29) is 11.3 Å². The van der Waals surface area contributed by atoms with Crippen molar-refractivity contribution in [1.29, 1.82) is 0 Å². The standard InChI is InChI=1S/C15H11Br2FO3/c1-20-13-6-9(11(17)7-14(13)21-2)15(19)8-3-4-10(16)12(18)5-8/h3-7H,1-2H3. The summed E-state index contributed by atoms with van der Waals surface area (Å²) in [6.45, 7) is 0. The molecule has 0 aliphatic rings. The summed E-state index contributed by atoms with van der Waals surface area (Å²) in [5.41, 5.74) is 0.623. The van der Waals surface area contributed by atoms with Gasteiger partial charge in [0.2, 0.25) is 0 Å². The summed E-state index contributed by atoms with van der Waals surface area (Å²) in [5.74, 6) is 0.135. The molecule has 21 heavy (non-hydrogen) atoms. The maximum Gasteiger partial charge on any atom is 0.194 e. The Morgan fingerprint density at radius 2 is 1.62 bits per heavy atom. The average Bonchev–Trinajstić information content (AvgIpc) is 2.49. The minimum absolute atomic E-state index is 0.253. The van der Waals surface area contributed by atoms with Crippen molar-refractivity contribution in [2.75, 3.05) is 14.2 Å². The average molecular weight is 418 g/mol. The first-order chi connectivity index (χ1) is 9.97. The van der Waals surface area contributed by atoms with E-state index in [0.717, 1.165) is 0 Å². The second kappa shape index (κ2) is 6.58. The Bertz CT molecular complexity index is 702. The molecule has 0 spiro atoms. The maximum absolute atomic E-state index is 13.6. The third-order valence-corrected chi connectivity index (χ3v) is 4.20. The molecule has 0 amide bonds. The summed E-state index contributed by atoms with van der Waals surface area (Å²) >= 11 is 6.38. The van der Waals surface area contributed by atoms with Gasteiger partial charge in [0, 0.05) is 15.6 Å². The zero-order chi connectivity index (χ0) is 15.6. The van der Waals surface area contributed by atoms with Gasteiger partial charge < -0.3 is 9.47 Å². The number of benzene rings is 2. The van der Waals surface area contributed by atoms with E-state index in [4.69, 9.17) is 9.47 Å². The van der Waals surface area contributed by atoms with Gasteiger partial charge in [-0.05, 0) is 62.2 Å². The highest BCUT2D eigenvalue weighted by atomic mass is 79.9. The molecule has 2 aromatic carbocycles. The second-order valence-corrected chi connectivity index (χ2v) is 5.85. The largest absolute Gasteiger partial charge is 0.493 e. The highest BCUT2D eigenvalue weighted by molar-refractivity contribution is 9.10. The topological polar surface area (TPSA) is 35.5 Å². The number of methoxy groups -OCH3 is 2. The van der Waals surface area contributed by atoms with E-state index in [1.54, 1.807) is 18.2 Å². The Balaban J connectivity index is 2.50. The lowest BCUT2D eigenvalue weighted by molar-refractivity contribution is 0.103. The number of ketones is 1. The zero-order valence-electron chi connectivity index (χ0n) is 11.2. The van der Waals surface area contributed by atoms with Crippen molar-refractivity contribution in [3.8, 4) is 11.5 Å². The van der Waals surface area contributed by atoms with Crippen molar-refractivity contribution in [3.05, 3.63) is 56.2 Å². The van der Waals surface area contributed by atoms with Gasteiger partial charge in [0.05, 0.1) is 18.7 Å². The SMILES string of the molecule is COc1cc(Br)c(C(=O)c2ccc(Br)c(F)c2)cc1OC. The summed E-state index contributed by atoms with van der Waals surface area (Å²) < 4.78 is 24.8. The molecule has 0 aromatic heterocycles. The fraction of sp³-hybridized carbons (Fsp3) is 0.133. The molecule has 0 N–H and O–H groups in total. The Kier molecular flexibility index (Phi) is 5.00. The van der Waals surface area contributed by atoms with E-state index >= 15 is 0 Å². The van der Waals surface area contributed by atoms with Crippen LogP contribution in [0.1, 0.15) is 15.9 Å². The Morgan fingerprint density at radius 1 is 1.00 bits per heavy atom. The predicted octanol–water partition coefficient (Wildman–Crippen LogP) is 4.60. The van der Waals surface area contributed by atoms with Gasteiger partial charge >= 0.3 is 0 Å². The minimum Gasteiger partial charge on any atom is -0.493 e. The van der Waals surface area contributed by atoms with Crippen molar-refractivity contribution in [2.24, 2.45) is 0 Å². The number of carbonyl (C=O) groups is 1. The van der Waals surface area contributed by atoms with Gasteiger partial charge in [0.15, 0.2) is 17.3 Å². The second-order valence-electron chi connectivity index (χ2n) is 4.15. The summed E-state index contributed by atoms with van der Waals surface area (Å²) in [7, 11) is 3.00. The van der Waals surface area contributed by atoms with Crippen LogP contribution in [0.2, 0.25) is 0 Å². The summed E-state index contributed by atoms with van der Waals surface area (Å²) in [6, 6.07) is 7.44. The summed E-state index contributed by atoms with van der Waals surface area (Å²) in [4.78, 5) is 12.5. The number of hydrogen-bond donors (Lipinski definition) is 0. The van der Waals surface area contributed by atoms with Crippen LogP contribution >= 0.6 is 31.9 Å². The highest BCUT2D eigenvalue weighted by Gasteiger charge is 2.18. The van der Waals surface area contributed by atoms with Crippen molar-refractivity contribution >= 4 is 37.6 Å². The van der Waals surface area contributed by atoms with E-state index in [9.17, 15) is 9.18 Å². The molecule has 0 radical (unpaired) electrons. The van der Waals surface area contributed by atoms with Gasteiger partial charge in [-0.2, -0.15) is 0 Å². The van der Waals surface area contributed by atoms with Crippen LogP contribution in [-0.4, -0.2) is 20.0 Å². The minimum atomic E-state index is -0.488. The van der Waals surface area contributed by atoms with E-state index in [2.05, 4.69) is 31.9 Å². The van der Waals surface area contributed by atoms with Crippen LogP contribution in [0, 0.1) is 5.82 Å². The van der Waals surface area contributed by atoms with Crippen molar-refractivity contribution in [1.82, 2.24) is 0 Å². The highest BCUT2D eigenvalue weighted by Crippen LogP contribution is 2.34. The summed E-state index contributed by atoms with van der Waals surface area (Å²) in [6.07, 6.45) is 0. The first-order valence-electron chi connectivity index (χ1n) is 5.89. The van der Waals surface area contributed by atoms with E-state index in [1.807, 2.05) is 0 Å². The molecule has 0 atom stereocenters. The van der Waals surface area contributed by atoms with Crippen LogP contribution in [0.4, 0.5) is 4.39 Å². The number of rotatable bonds is 4. The van der Waals surface area contributed by atoms with Crippen molar-refractivity contribution < 1.29 is 18.7 Å². The third-order valence-electron chi connectivity index (χ3n) is 2.90. The normalized spacial score (nSPS) is 10.3. The maximum atomic E-state index is 13.6. The van der Waals surface area contributed by atoms with E-state index in [0.29, 0.717) is 26.0 Å². The van der Waals surface area contributed by atoms with Gasteiger partial charge in [-0.3, -0.25) is 4.79 Å². The molecule has 6 heteroatoms. The Hall–Kier alpha value is -1.40. The molecule has 0 aliphatic carbocycles. The molecule has 110 valence electrons. The number of hydrogen-bond acceptors (Lipinski definition) is 3. The predicted molar refractivity (Wildman–Crippen MR) is 84.8 cm³/mol.